The zero-order valence-electron chi connectivity index (χ0n) is 11.4. The molecule has 1 rings (SSSR count). The van der Waals surface area contributed by atoms with E-state index in [1.807, 2.05) is 12.3 Å². The Morgan fingerprint density at radius 2 is 2.12 bits per heavy atom. The summed E-state index contributed by atoms with van der Waals surface area (Å²) in [4.78, 5) is 4.13. The van der Waals surface area contributed by atoms with Gasteiger partial charge >= 0.3 is 0 Å². The maximum absolute atomic E-state index is 5.64. The first-order valence-corrected chi connectivity index (χ1v) is 6.28. The van der Waals surface area contributed by atoms with Gasteiger partial charge in [0.25, 0.3) is 0 Å². The largest absolute Gasteiger partial charge is 0.271 e. The van der Waals surface area contributed by atoms with E-state index in [-0.39, 0.29) is 0 Å². The van der Waals surface area contributed by atoms with Crippen molar-refractivity contribution < 1.29 is 0 Å². The summed E-state index contributed by atoms with van der Waals surface area (Å²) in [6.45, 7) is 9.10. The van der Waals surface area contributed by atoms with Gasteiger partial charge in [0.2, 0.25) is 0 Å². The van der Waals surface area contributed by atoms with Gasteiger partial charge in [0.05, 0.1) is 0 Å². The molecule has 0 spiro atoms. The predicted octanol–water partition coefficient (Wildman–Crippen LogP) is 2.53. The number of nitrogens with one attached hydrogen (secondary N) is 1. The molecule has 3 nitrogen and oxygen atoms in total. The van der Waals surface area contributed by atoms with Crippen molar-refractivity contribution in [3.05, 3.63) is 30.1 Å². The second-order valence-electron chi connectivity index (χ2n) is 5.93. The summed E-state index contributed by atoms with van der Waals surface area (Å²) in [5.41, 5.74) is 4.48. The van der Waals surface area contributed by atoms with Crippen LogP contribution in [0.1, 0.15) is 39.7 Å². The summed E-state index contributed by atoms with van der Waals surface area (Å²) in [5, 5.41) is 0. The van der Waals surface area contributed by atoms with E-state index in [4.69, 9.17) is 5.84 Å². The summed E-state index contributed by atoms with van der Waals surface area (Å²) in [7, 11) is 0. The molecule has 17 heavy (non-hydrogen) atoms. The van der Waals surface area contributed by atoms with Gasteiger partial charge in [-0.3, -0.25) is 16.3 Å². The summed E-state index contributed by atoms with van der Waals surface area (Å²) >= 11 is 0. The molecule has 0 aromatic carbocycles. The van der Waals surface area contributed by atoms with Crippen molar-refractivity contribution in [1.29, 1.82) is 0 Å². The third kappa shape index (κ3) is 4.84. The molecule has 0 aliphatic rings. The first-order valence-electron chi connectivity index (χ1n) is 6.28. The molecular formula is C14H25N3. The van der Waals surface area contributed by atoms with Crippen LogP contribution in [0.4, 0.5) is 0 Å². The van der Waals surface area contributed by atoms with Crippen LogP contribution in [0, 0.1) is 11.3 Å². The molecule has 0 amide bonds. The quantitative estimate of drug-likeness (QED) is 0.609. The Morgan fingerprint density at radius 1 is 1.41 bits per heavy atom. The first-order chi connectivity index (χ1) is 7.93. The zero-order chi connectivity index (χ0) is 12.9. The molecule has 0 saturated heterocycles. The van der Waals surface area contributed by atoms with Crippen molar-refractivity contribution in [2.75, 3.05) is 0 Å². The fourth-order valence-electron chi connectivity index (χ4n) is 1.79. The van der Waals surface area contributed by atoms with Crippen molar-refractivity contribution in [1.82, 2.24) is 10.4 Å². The molecule has 1 aromatic rings. The normalized spacial score (nSPS) is 15.6. The van der Waals surface area contributed by atoms with Gasteiger partial charge in [0.1, 0.15) is 0 Å². The molecular weight excluding hydrogens is 210 g/mol. The topological polar surface area (TPSA) is 50.9 Å². The number of nitrogens with zero attached hydrogens (tertiary/aromatic N) is 1. The molecule has 0 aliphatic carbocycles. The second-order valence-corrected chi connectivity index (χ2v) is 5.93. The highest BCUT2D eigenvalue weighted by molar-refractivity contribution is 5.10. The number of hydrazine groups is 1. The van der Waals surface area contributed by atoms with Crippen LogP contribution < -0.4 is 11.3 Å². The zero-order valence-corrected chi connectivity index (χ0v) is 11.4. The van der Waals surface area contributed by atoms with Gasteiger partial charge in [0, 0.05) is 18.4 Å². The number of hydrogen-bond acceptors (Lipinski definition) is 3. The minimum Gasteiger partial charge on any atom is -0.271 e. The maximum atomic E-state index is 5.64. The van der Waals surface area contributed by atoms with E-state index in [0.29, 0.717) is 17.4 Å². The number of rotatable bonds is 5. The Bertz CT molecular complexity index is 316. The van der Waals surface area contributed by atoms with Gasteiger partial charge in [-0.2, -0.15) is 0 Å². The van der Waals surface area contributed by atoms with Crippen molar-refractivity contribution in [2.45, 2.75) is 46.6 Å². The monoisotopic (exact) mass is 235 g/mol. The molecule has 2 unspecified atom stereocenters. The van der Waals surface area contributed by atoms with Crippen LogP contribution in [-0.4, -0.2) is 11.0 Å². The van der Waals surface area contributed by atoms with Crippen molar-refractivity contribution in [3.8, 4) is 0 Å². The summed E-state index contributed by atoms with van der Waals surface area (Å²) in [6, 6.07) is 4.38. The van der Waals surface area contributed by atoms with E-state index in [9.17, 15) is 0 Å². The Labute approximate surface area is 105 Å². The van der Waals surface area contributed by atoms with Crippen LogP contribution in [0.3, 0.4) is 0 Å². The lowest BCUT2D eigenvalue weighted by molar-refractivity contribution is 0.222. The fourth-order valence-corrected chi connectivity index (χ4v) is 1.79. The van der Waals surface area contributed by atoms with Crippen LogP contribution in [-0.2, 0) is 6.42 Å². The number of pyridine rings is 1. The molecule has 0 fully saturated rings. The number of aromatic nitrogens is 1. The van der Waals surface area contributed by atoms with Crippen molar-refractivity contribution in [2.24, 2.45) is 17.2 Å². The molecule has 1 aromatic heterocycles. The second kappa shape index (κ2) is 6.12. The highest BCUT2D eigenvalue weighted by Gasteiger charge is 2.23. The number of hydrogen-bond donors (Lipinski definition) is 2. The minimum atomic E-state index is 0.313. The Hall–Kier alpha value is -0.930. The van der Waals surface area contributed by atoms with Gasteiger partial charge in [0.15, 0.2) is 0 Å². The fraction of sp³-hybridized carbons (Fsp3) is 0.643. The van der Waals surface area contributed by atoms with Crippen molar-refractivity contribution in [3.63, 3.8) is 0 Å². The number of nitrogens with two attached hydrogens (primary N) is 1. The van der Waals surface area contributed by atoms with E-state index < -0.39 is 0 Å². The van der Waals surface area contributed by atoms with Crippen LogP contribution >= 0.6 is 0 Å². The van der Waals surface area contributed by atoms with E-state index >= 15 is 0 Å². The molecule has 3 N–H and O–H groups in total. The molecule has 96 valence electrons. The molecule has 3 heteroatoms. The Kier molecular flexibility index (Phi) is 5.09. The van der Waals surface area contributed by atoms with E-state index in [0.717, 1.165) is 12.8 Å². The van der Waals surface area contributed by atoms with Gasteiger partial charge in [-0.25, -0.2) is 0 Å². The lowest BCUT2D eigenvalue weighted by atomic mass is 9.78. The first kappa shape index (κ1) is 14.1. The highest BCUT2D eigenvalue weighted by atomic mass is 15.2. The minimum absolute atomic E-state index is 0.313. The molecule has 1 heterocycles. The van der Waals surface area contributed by atoms with Gasteiger partial charge in [-0.15, -0.1) is 0 Å². The molecule has 0 aliphatic heterocycles. The average molecular weight is 235 g/mol. The maximum Gasteiger partial charge on any atom is 0.0300 e. The summed E-state index contributed by atoms with van der Waals surface area (Å²) in [5.74, 6) is 6.27. The van der Waals surface area contributed by atoms with Crippen LogP contribution in [0.15, 0.2) is 24.5 Å². The molecule has 0 bridgehead atoms. The summed E-state index contributed by atoms with van der Waals surface area (Å²) in [6.07, 6.45) is 5.72. The van der Waals surface area contributed by atoms with Crippen LogP contribution in [0.2, 0.25) is 0 Å². The standard InChI is InChI=1S/C14H25N3/c1-11(14(2,3)4)8-13(17-15)9-12-6-5-7-16-10-12/h5-7,10-11,13,17H,8-9,15H2,1-4H3. The van der Waals surface area contributed by atoms with Crippen molar-refractivity contribution >= 4 is 0 Å². The van der Waals surface area contributed by atoms with Gasteiger partial charge < -0.3 is 0 Å². The lowest BCUT2D eigenvalue weighted by Crippen LogP contribution is -2.39. The van der Waals surface area contributed by atoms with E-state index in [2.05, 4.69) is 44.2 Å². The Balaban J connectivity index is 2.55. The van der Waals surface area contributed by atoms with Gasteiger partial charge in [-0.05, 0) is 35.8 Å². The molecule has 0 radical (unpaired) electrons. The molecule has 0 saturated carbocycles. The average Bonchev–Trinajstić information content (AvgIpc) is 2.28. The van der Waals surface area contributed by atoms with E-state index in [1.54, 1.807) is 6.20 Å². The third-order valence-electron chi connectivity index (χ3n) is 3.56. The van der Waals surface area contributed by atoms with Gasteiger partial charge in [-0.1, -0.05) is 33.8 Å². The predicted molar refractivity (Wildman–Crippen MR) is 72.3 cm³/mol. The van der Waals surface area contributed by atoms with Crippen LogP contribution in [0.5, 0.6) is 0 Å². The highest BCUT2D eigenvalue weighted by Crippen LogP contribution is 2.29. The summed E-state index contributed by atoms with van der Waals surface area (Å²) < 4.78 is 0. The Morgan fingerprint density at radius 3 is 2.59 bits per heavy atom. The van der Waals surface area contributed by atoms with Crippen LogP contribution in [0.25, 0.3) is 0 Å². The van der Waals surface area contributed by atoms with E-state index in [1.165, 1.54) is 5.56 Å². The molecule has 2 atom stereocenters. The third-order valence-corrected chi connectivity index (χ3v) is 3.56. The SMILES string of the molecule is CC(CC(Cc1cccnc1)NN)C(C)(C)C. The lowest BCUT2D eigenvalue weighted by Gasteiger charge is -2.30. The smallest absolute Gasteiger partial charge is 0.0300 e.